The molecule has 0 radical (unpaired) electrons. The zero-order valence-electron chi connectivity index (χ0n) is 15.4. The third kappa shape index (κ3) is 2.52. The fourth-order valence-corrected chi connectivity index (χ4v) is 4.50. The highest BCUT2D eigenvalue weighted by atomic mass is 16.1. The predicted molar refractivity (Wildman–Crippen MR) is 110 cm³/mol. The second-order valence-corrected chi connectivity index (χ2v) is 7.35. The van der Waals surface area contributed by atoms with Crippen LogP contribution in [-0.4, -0.2) is 10.4 Å². The van der Waals surface area contributed by atoms with Gasteiger partial charge in [-0.25, -0.2) is 0 Å². The van der Waals surface area contributed by atoms with Crippen LogP contribution in [0.4, 0.5) is 0 Å². The van der Waals surface area contributed by atoms with Crippen molar-refractivity contribution in [2.75, 3.05) is 0 Å². The normalized spacial score (nSPS) is 13.1. The maximum Gasteiger partial charge on any atom is 0.195 e. The Balaban J connectivity index is 1.79. The van der Waals surface area contributed by atoms with E-state index < -0.39 is 0 Å². The number of aryl methyl sites for hydroxylation is 2. The van der Waals surface area contributed by atoms with Crippen LogP contribution in [0.3, 0.4) is 0 Å². The van der Waals surface area contributed by atoms with E-state index in [9.17, 15) is 4.79 Å². The van der Waals surface area contributed by atoms with E-state index in [4.69, 9.17) is 0 Å². The van der Waals surface area contributed by atoms with E-state index >= 15 is 0 Å². The molecule has 0 saturated carbocycles. The Morgan fingerprint density at radius 1 is 0.889 bits per heavy atom. The van der Waals surface area contributed by atoms with Gasteiger partial charge in [-0.05, 0) is 47.6 Å². The molecule has 2 nitrogen and oxygen atoms in total. The smallest absolute Gasteiger partial charge is 0.195 e. The molecule has 4 aromatic rings. The van der Waals surface area contributed by atoms with Gasteiger partial charge in [0.25, 0.3) is 0 Å². The van der Waals surface area contributed by atoms with Crippen molar-refractivity contribution in [3.63, 3.8) is 0 Å². The lowest BCUT2D eigenvalue weighted by atomic mass is 9.92. The molecule has 0 saturated heterocycles. The molecule has 2 heteroatoms. The fraction of sp³-hybridized carbons (Fsp3) is 0.160. The zero-order chi connectivity index (χ0) is 18.4. The van der Waals surface area contributed by atoms with Crippen LogP contribution in [0, 0.1) is 0 Å². The Kier molecular flexibility index (Phi) is 3.71. The Labute approximate surface area is 159 Å². The minimum atomic E-state index is 0.0955. The van der Waals surface area contributed by atoms with Crippen molar-refractivity contribution < 1.29 is 4.79 Å². The van der Waals surface area contributed by atoms with E-state index in [0.29, 0.717) is 0 Å². The van der Waals surface area contributed by atoms with Crippen molar-refractivity contribution in [3.05, 3.63) is 95.2 Å². The SMILES string of the molecule is Cn1cc(C(=O)c2ccccc2)c2cc(-c3ccccc3)c3c(c21)CCC3. The number of nitrogens with zero attached hydrogens (tertiary/aromatic N) is 1. The molecule has 3 aromatic carbocycles. The monoisotopic (exact) mass is 351 g/mol. The van der Waals surface area contributed by atoms with Crippen LogP contribution >= 0.6 is 0 Å². The number of rotatable bonds is 3. The molecule has 5 rings (SSSR count). The molecule has 0 atom stereocenters. The topological polar surface area (TPSA) is 22.0 Å². The molecular weight excluding hydrogens is 330 g/mol. The average molecular weight is 351 g/mol. The summed E-state index contributed by atoms with van der Waals surface area (Å²) in [7, 11) is 2.06. The molecule has 1 heterocycles. The van der Waals surface area contributed by atoms with Gasteiger partial charge < -0.3 is 4.57 Å². The summed E-state index contributed by atoms with van der Waals surface area (Å²) in [5.41, 5.74) is 8.15. The van der Waals surface area contributed by atoms with Crippen LogP contribution in [0.2, 0.25) is 0 Å². The van der Waals surface area contributed by atoms with Crippen LogP contribution in [0.25, 0.3) is 22.0 Å². The van der Waals surface area contributed by atoms with Gasteiger partial charge in [-0.1, -0.05) is 60.7 Å². The quantitative estimate of drug-likeness (QED) is 0.443. The van der Waals surface area contributed by atoms with Gasteiger partial charge in [0.1, 0.15) is 0 Å². The van der Waals surface area contributed by atoms with E-state index in [1.54, 1.807) is 0 Å². The van der Waals surface area contributed by atoms with Gasteiger partial charge in [-0.15, -0.1) is 0 Å². The molecule has 0 amide bonds. The number of hydrogen-bond acceptors (Lipinski definition) is 1. The highest BCUT2D eigenvalue weighted by molar-refractivity contribution is 6.17. The van der Waals surface area contributed by atoms with E-state index in [0.717, 1.165) is 29.4 Å². The first kappa shape index (κ1) is 16.1. The van der Waals surface area contributed by atoms with E-state index in [2.05, 4.69) is 48.0 Å². The molecule has 0 unspecified atom stereocenters. The molecule has 0 N–H and O–H groups in total. The van der Waals surface area contributed by atoms with Gasteiger partial charge in [-0.2, -0.15) is 0 Å². The van der Waals surface area contributed by atoms with Gasteiger partial charge in [0.05, 0.1) is 5.52 Å². The number of hydrogen-bond donors (Lipinski definition) is 0. The number of carbonyl (C=O) groups excluding carboxylic acids is 1. The second kappa shape index (κ2) is 6.24. The standard InChI is InChI=1S/C25H21NO/c1-26-16-23(25(27)18-11-6-3-7-12-18)22-15-21(17-9-4-2-5-10-17)19-13-8-14-20(19)24(22)26/h2-7,9-12,15-16H,8,13-14H2,1H3. The molecule has 1 aromatic heterocycles. The molecule has 1 aliphatic carbocycles. The summed E-state index contributed by atoms with van der Waals surface area (Å²) in [6.07, 6.45) is 5.39. The summed E-state index contributed by atoms with van der Waals surface area (Å²) in [4.78, 5) is 13.2. The van der Waals surface area contributed by atoms with E-state index in [-0.39, 0.29) is 5.78 Å². The van der Waals surface area contributed by atoms with Crippen LogP contribution in [-0.2, 0) is 19.9 Å². The summed E-state index contributed by atoms with van der Waals surface area (Å²) in [6.45, 7) is 0. The van der Waals surface area contributed by atoms with Gasteiger partial charge >= 0.3 is 0 Å². The molecular formula is C25H21NO. The summed E-state index contributed by atoms with van der Waals surface area (Å²) < 4.78 is 2.14. The summed E-state index contributed by atoms with van der Waals surface area (Å²) in [5, 5.41) is 1.07. The highest BCUT2D eigenvalue weighted by Gasteiger charge is 2.24. The van der Waals surface area contributed by atoms with Crippen molar-refractivity contribution in [1.82, 2.24) is 4.57 Å². The third-order valence-corrected chi connectivity index (χ3v) is 5.70. The average Bonchev–Trinajstić information content (AvgIpc) is 3.32. The minimum absolute atomic E-state index is 0.0955. The zero-order valence-corrected chi connectivity index (χ0v) is 15.4. The van der Waals surface area contributed by atoms with Crippen LogP contribution in [0.5, 0.6) is 0 Å². The lowest BCUT2D eigenvalue weighted by Crippen LogP contribution is -2.00. The number of aromatic nitrogens is 1. The molecule has 0 spiro atoms. The first-order valence-electron chi connectivity index (χ1n) is 9.53. The van der Waals surface area contributed by atoms with Gasteiger partial charge in [-0.3, -0.25) is 4.79 Å². The van der Waals surface area contributed by atoms with Gasteiger partial charge in [0.2, 0.25) is 0 Å². The lowest BCUT2D eigenvalue weighted by molar-refractivity contribution is 0.104. The first-order chi connectivity index (χ1) is 13.2. The molecule has 1 aliphatic rings. The lowest BCUT2D eigenvalue weighted by Gasteiger charge is -2.12. The predicted octanol–water partition coefficient (Wildman–Crippen LogP) is 5.57. The van der Waals surface area contributed by atoms with Crippen molar-refractivity contribution in [3.8, 4) is 11.1 Å². The maximum absolute atomic E-state index is 13.2. The minimum Gasteiger partial charge on any atom is -0.350 e. The molecule has 27 heavy (non-hydrogen) atoms. The van der Waals surface area contributed by atoms with Crippen molar-refractivity contribution in [2.45, 2.75) is 19.3 Å². The Morgan fingerprint density at radius 3 is 2.30 bits per heavy atom. The molecule has 0 bridgehead atoms. The number of fused-ring (bicyclic) bond motifs is 3. The van der Waals surface area contributed by atoms with Crippen molar-refractivity contribution >= 4 is 16.7 Å². The number of ketones is 1. The first-order valence-corrected chi connectivity index (χ1v) is 9.53. The highest BCUT2D eigenvalue weighted by Crippen LogP contribution is 2.39. The molecule has 132 valence electrons. The van der Waals surface area contributed by atoms with Crippen molar-refractivity contribution in [1.29, 1.82) is 0 Å². The van der Waals surface area contributed by atoms with Gasteiger partial charge in [0.15, 0.2) is 5.78 Å². The Morgan fingerprint density at radius 2 is 1.56 bits per heavy atom. The van der Waals surface area contributed by atoms with Crippen LogP contribution in [0.15, 0.2) is 72.9 Å². The third-order valence-electron chi connectivity index (χ3n) is 5.70. The summed E-state index contributed by atoms with van der Waals surface area (Å²) >= 11 is 0. The fourth-order valence-electron chi connectivity index (χ4n) is 4.50. The Hall–Kier alpha value is -3.13. The molecule has 0 fully saturated rings. The second-order valence-electron chi connectivity index (χ2n) is 7.35. The van der Waals surface area contributed by atoms with Crippen LogP contribution < -0.4 is 0 Å². The number of carbonyl (C=O) groups is 1. The largest absolute Gasteiger partial charge is 0.350 e. The number of benzene rings is 3. The molecule has 0 aliphatic heterocycles. The van der Waals surface area contributed by atoms with E-state index in [1.807, 2.05) is 36.5 Å². The van der Waals surface area contributed by atoms with Gasteiger partial charge in [0, 0.05) is 29.8 Å². The summed E-state index contributed by atoms with van der Waals surface area (Å²) in [6, 6.07) is 22.4. The van der Waals surface area contributed by atoms with Crippen molar-refractivity contribution in [2.24, 2.45) is 7.05 Å². The van der Waals surface area contributed by atoms with E-state index in [1.165, 1.54) is 34.2 Å². The Bertz CT molecular complexity index is 1150. The van der Waals surface area contributed by atoms with Crippen LogP contribution in [0.1, 0.15) is 33.5 Å². The maximum atomic E-state index is 13.2. The summed E-state index contributed by atoms with van der Waals surface area (Å²) in [5.74, 6) is 0.0955.